The van der Waals surface area contributed by atoms with Crippen LogP contribution in [0.15, 0.2) is 24.5 Å². The van der Waals surface area contributed by atoms with Gasteiger partial charge in [0.1, 0.15) is 5.69 Å². The lowest BCUT2D eigenvalue weighted by atomic mass is 10.1. The average Bonchev–Trinajstić information content (AvgIpc) is 3.20. The molecule has 0 aliphatic heterocycles. The minimum Gasteiger partial charge on any atom is -0.394 e. The maximum atomic E-state index is 12.8. The first kappa shape index (κ1) is 14.6. The Morgan fingerprint density at radius 1 is 1.41 bits per heavy atom. The highest BCUT2D eigenvalue weighted by molar-refractivity contribution is 5.95. The summed E-state index contributed by atoms with van der Waals surface area (Å²) in [6.07, 6.45) is 5.21. The predicted molar refractivity (Wildman–Crippen MR) is 79.6 cm³/mol. The van der Waals surface area contributed by atoms with E-state index >= 15 is 0 Å². The Balaban J connectivity index is 1.96. The summed E-state index contributed by atoms with van der Waals surface area (Å²) in [5.41, 5.74) is 1.59. The highest BCUT2D eigenvalue weighted by atomic mass is 16.3. The number of aliphatic hydroxyl groups is 1. The number of aryl methyl sites for hydroxylation is 1. The first-order valence-electron chi connectivity index (χ1n) is 7.34. The fourth-order valence-corrected chi connectivity index (χ4v) is 2.59. The Hall–Kier alpha value is -2.28. The topological polar surface area (TPSA) is 84.1 Å². The van der Waals surface area contributed by atoms with Crippen molar-refractivity contribution in [2.45, 2.75) is 25.8 Å². The number of carbonyl (C=O) groups excluding carboxylic acids is 1. The van der Waals surface area contributed by atoms with E-state index in [1.165, 1.54) is 4.80 Å². The highest BCUT2D eigenvalue weighted by Crippen LogP contribution is 2.35. The molecule has 1 aliphatic carbocycles. The van der Waals surface area contributed by atoms with E-state index in [9.17, 15) is 9.90 Å². The van der Waals surface area contributed by atoms with Crippen LogP contribution < -0.4 is 0 Å². The van der Waals surface area contributed by atoms with Crippen LogP contribution in [-0.2, 0) is 0 Å². The molecular formula is C15H19N5O2. The van der Waals surface area contributed by atoms with Gasteiger partial charge in [0.25, 0.3) is 5.91 Å². The molecule has 0 bridgehead atoms. The molecule has 1 fully saturated rings. The van der Waals surface area contributed by atoms with Gasteiger partial charge in [0.2, 0.25) is 0 Å². The first-order chi connectivity index (χ1) is 10.6. The van der Waals surface area contributed by atoms with E-state index in [1.807, 2.05) is 13.0 Å². The second kappa shape index (κ2) is 5.84. The number of carbonyl (C=O) groups is 1. The van der Waals surface area contributed by atoms with Gasteiger partial charge in [-0.25, -0.2) is 4.98 Å². The van der Waals surface area contributed by atoms with Crippen LogP contribution >= 0.6 is 0 Å². The third-order valence-electron chi connectivity index (χ3n) is 4.02. The number of aliphatic hydroxyl groups excluding tert-OH is 1. The summed E-state index contributed by atoms with van der Waals surface area (Å²) in [6, 6.07) is 3.45. The number of nitrogens with zero attached hydrogens (tertiary/aromatic N) is 5. The maximum Gasteiger partial charge on any atom is 0.274 e. The lowest BCUT2D eigenvalue weighted by Crippen LogP contribution is -2.41. The Morgan fingerprint density at radius 3 is 2.68 bits per heavy atom. The van der Waals surface area contributed by atoms with Gasteiger partial charge in [-0.1, -0.05) is 0 Å². The molecular weight excluding hydrogens is 282 g/mol. The lowest BCUT2D eigenvalue weighted by molar-refractivity contribution is 0.0622. The SMILES string of the molecule is Cc1ccc(-n2nccn2)c(C(=O)N(C)C(CO)C2CC2)n1. The molecule has 0 aromatic carbocycles. The second-order valence-corrected chi connectivity index (χ2v) is 5.64. The normalized spacial score (nSPS) is 15.6. The van der Waals surface area contributed by atoms with Gasteiger partial charge in [-0.05, 0) is 37.8 Å². The van der Waals surface area contributed by atoms with Crippen molar-refractivity contribution < 1.29 is 9.90 Å². The van der Waals surface area contributed by atoms with Crippen LogP contribution in [0, 0.1) is 12.8 Å². The number of amides is 1. The molecule has 116 valence electrons. The average molecular weight is 301 g/mol. The molecule has 3 rings (SSSR count). The van der Waals surface area contributed by atoms with Gasteiger partial charge in [-0.15, -0.1) is 4.80 Å². The molecule has 0 spiro atoms. The standard InChI is InChI=1S/C15H19N5O2/c1-10-3-6-12(20-16-7-8-17-20)14(18-10)15(22)19(2)13(9-21)11-4-5-11/h3,6-8,11,13,21H,4-5,9H2,1-2H3. The van der Waals surface area contributed by atoms with Crippen molar-refractivity contribution in [1.82, 2.24) is 24.9 Å². The van der Waals surface area contributed by atoms with Gasteiger partial charge in [0.05, 0.1) is 25.0 Å². The van der Waals surface area contributed by atoms with Crippen molar-refractivity contribution in [3.8, 4) is 5.69 Å². The van der Waals surface area contributed by atoms with Crippen LogP contribution in [0.4, 0.5) is 0 Å². The molecule has 1 aliphatic rings. The molecule has 22 heavy (non-hydrogen) atoms. The zero-order valence-electron chi connectivity index (χ0n) is 12.7. The zero-order chi connectivity index (χ0) is 15.7. The minimum atomic E-state index is -0.220. The van der Waals surface area contributed by atoms with Crippen molar-refractivity contribution in [2.75, 3.05) is 13.7 Å². The van der Waals surface area contributed by atoms with Gasteiger partial charge < -0.3 is 10.0 Å². The maximum absolute atomic E-state index is 12.8. The minimum absolute atomic E-state index is 0.0337. The Kier molecular flexibility index (Phi) is 3.89. The lowest BCUT2D eigenvalue weighted by Gasteiger charge is -2.27. The quantitative estimate of drug-likeness (QED) is 0.883. The Morgan fingerprint density at radius 2 is 2.09 bits per heavy atom. The summed E-state index contributed by atoms with van der Waals surface area (Å²) in [6.45, 7) is 1.80. The summed E-state index contributed by atoms with van der Waals surface area (Å²) in [5, 5.41) is 17.7. The van der Waals surface area contributed by atoms with E-state index in [4.69, 9.17) is 0 Å². The molecule has 1 N–H and O–H groups in total. The molecule has 1 amide bonds. The van der Waals surface area contributed by atoms with Gasteiger partial charge in [-0.2, -0.15) is 10.2 Å². The number of aromatic nitrogens is 4. The smallest absolute Gasteiger partial charge is 0.274 e. The highest BCUT2D eigenvalue weighted by Gasteiger charge is 2.36. The fraction of sp³-hybridized carbons (Fsp3) is 0.467. The predicted octanol–water partition coefficient (Wildman–Crippen LogP) is 0.814. The van der Waals surface area contributed by atoms with E-state index in [-0.39, 0.29) is 18.6 Å². The van der Waals surface area contributed by atoms with Crippen molar-refractivity contribution in [3.05, 3.63) is 35.9 Å². The van der Waals surface area contributed by atoms with E-state index in [0.29, 0.717) is 17.3 Å². The summed E-state index contributed by atoms with van der Waals surface area (Å²) >= 11 is 0. The third kappa shape index (κ3) is 2.71. The molecule has 2 aromatic heterocycles. The van der Waals surface area contributed by atoms with Crippen molar-refractivity contribution >= 4 is 5.91 Å². The van der Waals surface area contributed by atoms with Crippen LogP contribution in [0.25, 0.3) is 5.69 Å². The third-order valence-corrected chi connectivity index (χ3v) is 4.02. The van der Waals surface area contributed by atoms with Crippen molar-refractivity contribution in [3.63, 3.8) is 0 Å². The largest absolute Gasteiger partial charge is 0.394 e. The first-order valence-corrected chi connectivity index (χ1v) is 7.34. The molecule has 1 unspecified atom stereocenters. The van der Waals surface area contributed by atoms with Crippen molar-refractivity contribution in [1.29, 1.82) is 0 Å². The summed E-state index contributed by atoms with van der Waals surface area (Å²) in [5.74, 6) is 0.164. The van der Waals surface area contributed by atoms with Gasteiger partial charge in [0, 0.05) is 12.7 Å². The monoisotopic (exact) mass is 301 g/mol. The van der Waals surface area contributed by atoms with Crippen LogP contribution in [0.1, 0.15) is 29.0 Å². The molecule has 2 aromatic rings. The molecule has 7 heteroatoms. The number of likely N-dealkylation sites (N-methyl/N-ethyl adjacent to an activating group) is 1. The molecule has 7 nitrogen and oxygen atoms in total. The molecule has 1 saturated carbocycles. The van der Waals surface area contributed by atoms with Crippen LogP contribution in [0.3, 0.4) is 0 Å². The molecule has 1 atom stereocenters. The van der Waals surface area contributed by atoms with E-state index in [2.05, 4.69) is 15.2 Å². The van der Waals surface area contributed by atoms with Gasteiger partial charge >= 0.3 is 0 Å². The number of rotatable bonds is 5. The van der Waals surface area contributed by atoms with Crippen LogP contribution in [0.2, 0.25) is 0 Å². The second-order valence-electron chi connectivity index (χ2n) is 5.64. The molecule has 0 radical (unpaired) electrons. The Bertz CT molecular complexity index is 667. The van der Waals surface area contributed by atoms with Gasteiger partial charge in [0.15, 0.2) is 5.69 Å². The fourth-order valence-electron chi connectivity index (χ4n) is 2.59. The van der Waals surface area contributed by atoms with Crippen LogP contribution in [0.5, 0.6) is 0 Å². The summed E-state index contributed by atoms with van der Waals surface area (Å²) < 4.78 is 0. The summed E-state index contributed by atoms with van der Waals surface area (Å²) in [4.78, 5) is 20.2. The van der Waals surface area contributed by atoms with Gasteiger partial charge in [-0.3, -0.25) is 4.79 Å². The van der Waals surface area contributed by atoms with E-state index in [1.54, 1.807) is 30.4 Å². The number of pyridine rings is 1. The number of hydrogen-bond acceptors (Lipinski definition) is 5. The molecule has 2 heterocycles. The zero-order valence-corrected chi connectivity index (χ0v) is 12.7. The van der Waals surface area contributed by atoms with E-state index < -0.39 is 0 Å². The summed E-state index contributed by atoms with van der Waals surface area (Å²) in [7, 11) is 1.71. The number of hydrogen-bond donors (Lipinski definition) is 1. The molecule has 0 saturated heterocycles. The van der Waals surface area contributed by atoms with Crippen molar-refractivity contribution in [2.24, 2.45) is 5.92 Å². The van der Waals surface area contributed by atoms with Crippen LogP contribution in [-0.4, -0.2) is 55.6 Å². The van der Waals surface area contributed by atoms with E-state index in [0.717, 1.165) is 18.5 Å². The Labute approximate surface area is 128 Å².